The topological polar surface area (TPSA) is 50.8 Å². The Labute approximate surface area is 184 Å². The van der Waals surface area contributed by atoms with Crippen molar-refractivity contribution in [2.45, 2.75) is 38.8 Å². The number of methoxy groups -OCH3 is 2. The van der Waals surface area contributed by atoms with Gasteiger partial charge in [0.15, 0.2) is 0 Å². The van der Waals surface area contributed by atoms with Crippen LogP contribution in [0.4, 0.5) is 0 Å². The molecule has 0 radical (unpaired) electrons. The zero-order valence-electron chi connectivity index (χ0n) is 17.8. The Balaban J connectivity index is 1.44. The molecule has 1 heterocycles. The van der Waals surface area contributed by atoms with Gasteiger partial charge in [0.05, 0.1) is 14.2 Å². The molecule has 0 unspecified atom stereocenters. The summed E-state index contributed by atoms with van der Waals surface area (Å²) in [5.74, 6) is 2.08. The number of hydrogen-bond acceptors (Lipinski definition) is 4. The summed E-state index contributed by atoms with van der Waals surface area (Å²) >= 11 is 6.31. The van der Waals surface area contributed by atoms with Crippen LogP contribution < -0.4 is 14.8 Å². The van der Waals surface area contributed by atoms with Crippen molar-refractivity contribution in [3.8, 4) is 11.5 Å². The van der Waals surface area contributed by atoms with Gasteiger partial charge in [-0.3, -0.25) is 9.69 Å². The summed E-state index contributed by atoms with van der Waals surface area (Å²) in [6.45, 7) is 3.44. The third-order valence-electron chi connectivity index (χ3n) is 5.70. The van der Waals surface area contributed by atoms with Crippen molar-refractivity contribution in [1.82, 2.24) is 10.2 Å². The summed E-state index contributed by atoms with van der Waals surface area (Å²) in [5, 5.41) is 3.85. The number of piperidine rings is 1. The number of nitrogens with one attached hydrogen (secondary N) is 1. The summed E-state index contributed by atoms with van der Waals surface area (Å²) in [5.41, 5.74) is 2.11. The Morgan fingerprint density at radius 1 is 1.17 bits per heavy atom. The second kappa shape index (κ2) is 11.2. The molecule has 162 valence electrons. The van der Waals surface area contributed by atoms with E-state index in [1.54, 1.807) is 14.2 Å². The van der Waals surface area contributed by atoms with Gasteiger partial charge in [0, 0.05) is 42.7 Å². The maximum atomic E-state index is 12.4. The largest absolute Gasteiger partial charge is 0.497 e. The Morgan fingerprint density at radius 3 is 2.77 bits per heavy atom. The van der Waals surface area contributed by atoms with Crippen molar-refractivity contribution < 1.29 is 14.3 Å². The lowest BCUT2D eigenvalue weighted by atomic mass is 9.93. The van der Waals surface area contributed by atoms with Gasteiger partial charge in [0.2, 0.25) is 5.91 Å². The number of carbonyl (C=O) groups is 1. The van der Waals surface area contributed by atoms with E-state index < -0.39 is 0 Å². The molecule has 1 saturated heterocycles. The summed E-state index contributed by atoms with van der Waals surface area (Å²) in [6.07, 6.45) is 3.80. The molecule has 0 spiro atoms. The lowest BCUT2D eigenvalue weighted by Crippen LogP contribution is -2.35. The number of hydrogen-bond donors (Lipinski definition) is 1. The first kappa shape index (κ1) is 22.4. The molecule has 1 aliphatic rings. The molecule has 0 saturated carbocycles. The first-order chi connectivity index (χ1) is 14.6. The summed E-state index contributed by atoms with van der Waals surface area (Å²) < 4.78 is 10.6. The number of amides is 1. The summed E-state index contributed by atoms with van der Waals surface area (Å²) in [7, 11) is 3.24. The minimum atomic E-state index is 0.0797. The van der Waals surface area contributed by atoms with Crippen LogP contribution in [0.15, 0.2) is 42.5 Å². The van der Waals surface area contributed by atoms with Crippen molar-refractivity contribution in [3.63, 3.8) is 0 Å². The van der Waals surface area contributed by atoms with E-state index in [2.05, 4.69) is 16.3 Å². The Kier molecular flexibility index (Phi) is 8.40. The highest BCUT2D eigenvalue weighted by Gasteiger charge is 2.21. The van der Waals surface area contributed by atoms with E-state index in [-0.39, 0.29) is 5.91 Å². The maximum absolute atomic E-state index is 12.4. The fourth-order valence-corrected chi connectivity index (χ4v) is 4.21. The monoisotopic (exact) mass is 430 g/mol. The van der Waals surface area contributed by atoms with Crippen LogP contribution in [-0.4, -0.2) is 38.1 Å². The van der Waals surface area contributed by atoms with Crippen LogP contribution in [0.1, 0.15) is 36.8 Å². The van der Waals surface area contributed by atoms with Gasteiger partial charge in [-0.15, -0.1) is 0 Å². The quantitative estimate of drug-likeness (QED) is 0.628. The SMILES string of the molecule is COc1ccc(CNC(=O)CC[C@H]2CCCN(Cc3ccccc3Cl)C2)c(OC)c1. The van der Waals surface area contributed by atoms with Crippen molar-refractivity contribution in [2.75, 3.05) is 27.3 Å². The van der Waals surface area contributed by atoms with Crippen LogP contribution >= 0.6 is 11.6 Å². The van der Waals surface area contributed by atoms with E-state index in [0.29, 0.717) is 18.9 Å². The average molecular weight is 431 g/mol. The van der Waals surface area contributed by atoms with Crippen LogP contribution in [0.3, 0.4) is 0 Å². The number of nitrogens with zero attached hydrogens (tertiary/aromatic N) is 1. The first-order valence-corrected chi connectivity index (χ1v) is 10.9. The van der Waals surface area contributed by atoms with Gasteiger partial charge < -0.3 is 14.8 Å². The Morgan fingerprint density at radius 2 is 2.00 bits per heavy atom. The minimum absolute atomic E-state index is 0.0797. The fourth-order valence-electron chi connectivity index (χ4n) is 4.01. The molecule has 0 bridgehead atoms. The zero-order chi connectivity index (χ0) is 21.3. The number of rotatable bonds is 9. The summed E-state index contributed by atoms with van der Waals surface area (Å²) in [4.78, 5) is 14.8. The number of likely N-dealkylation sites (tertiary alicyclic amines) is 1. The van der Waals surface area contributed by atoms with Crippen molar-refractivity contribution >= 4 is 17.5 Å². The van der Waals surface area contributed by atoms with Crippen molar-refractivity contribution in [3.05, 3.63) is 58.6 Å². The molecule has 5 nitrogen and oxygen atoms in total. The smallest absolute Gasteiger partial charge is 0.220 e. The zero-order valence-corrected chi connectivity index (χ0v) is 18.6. The van der Waals surface area contributed by atoms with Gasteiger partial charge in [-0.1, -0.05) is 29.8 Å². The van der Waals surface area contributed by atoms with Gasteiger partial charge in [0.25, 0.3) is 0 Å². The molecule has 1 aliphatic heterocycles. The Hall–Kier alpha value is -2.24. The maximum Gasteiger partial charge on any atom is 0.220 e. The molecular weight excluding hydrogens is 400 g/mol. The van der Waals surface area contributed by atoms with Gasteiger partial charge in [-0.25, -0.2) is 0 Å². The normalized spacial score (nSPS) is 16.8. The van der Waals surface area contributed by atoms with E-state index in [0.717, 1.165) is 48.1 Å². The van der Waals surface area contributed by atoms with Crippen LogP contribution in [0, 0.1) is 5.92 Å². The molecule has 1 amide bonds. The minimum Gasteiger partial charge on any atom is -0.497 e. The van der Waals surface area contributed by atoms with Crippen LogP contribution in [-0.2, 0) is 17.9 Å². The van der Waals surface area contributed by atoms with Gasteiger partial charge >= 0.3 is 0 Å². The van der Waals surface area contributed by atoms with E-state index in [1.165, 1.54) is 18.4 Å². The van der Waals surface area contributed by atoms with Gasteiger partial charge in [-0.05, 0) is 55.5 Å². The van der Waals surface area contributed by atoms with Crippen LogP contribution in [0.2, 0.25) is 5.02 Å². The molecule has 1 N–H and O–H groups in total. The molecule has 1 atom stereocenters. The predicted octanol–water partition coefficient (Wildman–Crippen LogP) is 4.67. The van der Waals surface area contributed by atoms with Gasteiger partial charge in [-0.2, -0.15) is 0 Å². The number of ether oxygens (including phenoxy) is 2. The highest BCUT2D eigenvalue weighted by atomic mass is 35.5. The van der Waals surface area contributed by atoms with E-state index >= 15 is 0 Å². The third-order valence-corrected chi connectivity index (χ3v) is 6.07. The fraction of sp³-hybridized carbons (Fsp3) is 0.458. The molecule has 1 fully saturated rings. The molecule has 3 rings (SSSR count). The molecule has 0 aromatic heterocycles. The second-order valence-electron chi connectivity index (χ2n) is 7.83. The lowest BCUT2D eigenvalue weighted by Gasteiger charge is -2.33. The molecule has 6 heteroatoms. The van der Waals surface area contributed by atoms with E-state index in [1.807, 2.05) is 36.4 Å². The average Bonchev–Trinajstić information content (AvgIpc) is 2.78. The first-order valence-electron chi connectivity index (χ1n) is 10.5. The molecular formula is C24H31ClN2O3. The highest BCUT2D eigenvalue weighted by molar-refractivity contribution is 6.31. The van der Waals surface area contributed by atoms with Crippen molar-refractivity contribution in [1.29, 1.82) is 0 Å². The summed E-state index contributed by atoms with van der Waals surface area (Å²) in [6, 6.07) is 13.7. The lowest BCUT2D eigenvalue weighted by molar-refractivity contribution is -0.121. The Bertz CT molecular complexity index is 843. The predicted molar refractivity (Wildman–Crippen MR) is 120 cm³/mol. The molecule has 2 aromatic carbocycles. The van der Waals surface area contributed by atoms with E-state index in [4.69, 9.17) is 21.1 Å². The molecule has 2 aromatic rings. The number of carbonyl (C=O) groups excluding carboxylic acids is 1. The van der Waals surface area contributed by atoms with Gasteiger partial charge in [0.1, 0.15) is 11.5 Å². The second-order valence-corrected chi connectivity index (χ2v) is 8.24. The van der Waals surface area contributed by atoms with E-state index in [9.17, 15) is 4.79 Å². The third kappa shape index (κ3) is 6.38. The van der Waals surface area contributed by atoms with Crippen LogP contribution in [0.25, 0.3) is 0 Å². The van der Waals surface area contributed by atoms with Crippen LogP contribution in [0.5, 0.6) is 11.5 Å². The van der Waals surface area contributed by atoms with Crippen molar-refractivity contribution in [2.24, 2.45) is 5.92 Å². The number of benzene rings is 2. The highest BCUT2D eigenvalue weighted by Crippen LogP contribution is 2.26. The molecule has 0 aliphatic carbocycles. The standard InChI is InChI=1S/C24H31ClN2O3/c1-29-21-11-10-19(23(14-21)30-2)15-26-24(28)12-9-18-6-5-13-27(16-18)17-20-7-3-4-8-22(20)25/h3-4,7-8,10-11,14,18H,5-6,9,12-13,15-17H2,1-2H3,(H,26,28)/t18-/m1/s1. The molecule has 30 heavy (non-hydrogen) atoms. The number of halogens is 1.